The molecule has 5 rings (SSSR count). The molecule has 0 atom stereocenters. The molecule has 0 spiro atoms. The van der Waals surface area contributed by atoms with Gasteiger partial charge in [-0.05, 0) is 66.9 Å². The summed E-state index contributed by atoms with van der Waals surface area (Å²) < 4.78 is 2.24. The Labute approximate surface area is 193 Å². The summed E-state index contributed by atoms with van der Waals surface area (Å²) in [6, 6.07) is 34.3. The number of carbonyl (C=O) groups excluding carboxylic acids is 1. The quantitative estimate of drug-likeness (QED) is 0.339. The fourth-order valence-corrected chi connectivity index (χ4v) is 4.15. The van der Waals surface area contributed by atoms with Gasteiger partial charge in [0.05, 0.1) is 11.0 Å². The van der Waals surface area contributed by atoms with E-state index in [4.69, 9.17) is 4.98 Å². The van der Waals surface area contributed by atoms with Crippen molar-refractivity contribution in [2.45, 2.75) is 19.8 Å². The Hall–Kier alpha value is -4.18. The number of nitrogens with zero attached hydrogens (tertiary/aromatic N) is 2. The van der Waals surface area contributed by atoms with Crippen molar-refractivity contribution in [2.75, 3.05) is 5.32 Å². The average molecular weight is 432 g/mol. The molecule has 0 aliphatic rings. The summed E-state index contributed by atoms with van der Waals surface area (Å²) in [5.41, 5.74) is 6.91. The molecule has 0 unspecified atom stereocenters. The number of rotatable bonds is 6. The molecule has 1 aromatic heterocycles. The van der Waals surface area contributed by atoms with Crippen LogP contribution >= 0.6 is 0 Å². The third-order valence-electron chi connectivity index (χ3n) is 5.88. The fraction of sp³-hybridized carbons (Fsp3) is 0.103. The number of nitrogens with one attached hydrogen (secondary N) is 1. The first kappa shape index (κ1) is 20.7. The van der Waals surface area contributed by atoms with Crippen LogP contribution in [0.3, 0.4) is 0 Å². The molecule has 4 nitrogen and oxygen atoms in total. The van der Waals surface area contributed by atoms with Gasteiger partial charge in [-0.3, -0.25) is 9.36 Å². The number of aromatic nitrogens is 2. The van der Waals surface area contributed by atoms with Gasteiger partial charge in [0, 0.05) is 23.4 Å². The molecule has 5 aromatic rings. The molecule has 0 bridgehead atoms. The monoisotopic (exact) mass is 431 g/mol. The molecule has 1 amide bonds. The first-order valence-corrected chi connectivity index (χ1v) is 11.2. The lowest BCUT2D eigenvalue weighted by Crippen LogP contribution is -2.13. The van der Waals surface area contributed by atoms with Gasteiger partial charge in [-0.15, -0.1) is 0 Å². The number of anilines is 1. The number of aryl methyl sites for hydroxylation is 3. The first-order valence-electron chi connectivity index (χ1n) is 11.2. The third-order valence-corrected chi connectivity index (χ3v) is 5.88. The lowest BCUT2D eigenvalue weighted by atomic mass is 10.1. The van der Waals surface area contributed by atoms with E-state index in [2.05, 4.69) is 64.5 Å². The molecule has 162 valence electrons. The van der Waals surface area contributed by atoms with E-state index in [1.165, 1.54) is 5.56 Å². The minimum Gasteiger partial charge on any atom is -0.322 e. The Kier molecular flexibility index (Phi) is 5.73. The highest BCUT2D eigenvalue weighted by atomic mass is 16.1. The highest BCUT2D eigenvalue weighted by Crippen LogP contribution is 2.23. The van der Waals surface area contributed by atoms with Crippen LogP contribution in [0.25, 0.3) is 16.7 Å². The van der Waals surface area contributed by atoms with Gasteiger partial charge in [-0.2, -0.15) is 0 Å². The lowest BCUT2D eigenvalue weighted by Gasteiger charge is -2.10. The molecular weight excluding hydrogens is 406 g/mol. The molecular formula is C29H25N3O. The van der Waals surface area contributed by atoms with Crippen LogP contribution < -0.4 is 5.32 Å². The summed E-state index contributed by atoms with van der Waals surface area (Å²) in [5.74, 6) is 0.955. The second-order valence-corrected chi connectivity index (χ2v) is 8.15. The van der Waals surface area contributed by atoms with Crippen molar-refractivity contribution in [2.24, 2.45) is 0 Å². The normalized spacial score (nSPS) is 10.9. The van der Waals surface area contributed by atoms with Crippen molar-refractivity contribution in [1.82, 2.24) is 9.55 Å². The third kappa shape index (κ3) is 4.41. The summed E-state index contributed by atoms with van der Waals surface area (Å²) in [6.45, 7) is 1.95. The van der Waals surface area contributed by atoms with Crippen molar-refractivity contribution in [3.63, 3.8) is 0 Å². The van der Waals surface area contributed by atoms with Crippen molar-refractivity contribution < 1.29 is 4.79 Å². The van der Waals surface area contributed by atoms with Crippen LogP contribution in [0.1, 0.15) is 27.3 Å². The standard InChI is InChI=1S/C29H25N3O/c1-21-9-5-6-12-25(21)29(33)30-23-18-15-22(16-19-23)17-20-28-31-26-13-7-8-14-27(26)32(28)24-10-3-2-4-11-24/h2-16,18-19H,17,20H2,1H3,(H,30,33). The summed E-state index contributed by atoms with van der Waals surface area (Å²) >= 11 is 0. The second kappa shape index (κ2) is 9.13. The number of hydrogen-bond donors (Lipinski definition) is 1. The van der Waals surface area contributed by atoms with Crippen molar-refractivity contribution in [1.29, 1.82) is 0 Å². The minimum absolute atomic E-state index is 0.0857. The Morgan fingerprint density at radius 3 is 2.27 bits per heavy atom. The topological polar surface area (TPSA) is 46.9 Å². The van der Waals surface area contributed by atoms with Gasteiger partial charge < -0.3 is 5.32 Å². The molecule has 0 saturated carbocycles. The number of amides is 1. The summed E-state index contributed by atoms with van der Waals surface area (Å²) in [7, 11) is 0. The molecule has 0 saturated heterocycles. The minimum atomic E-state index is -0.0857. The smallest absolute Gasteiger partial charge is 0.255 e. The predicted octanol–water partition coefficient (Wildman–Crippen LogP) is 6.37. The number of para-hydroxylation sites is 3. The number of carbonyl (C=O) groups is 1. The molecule has 1 N–H and O–H groups in total. The van der Waals surface area contributed by atoms with E-state index in [1.54, 1.807) is 0 Å². The van der Waals surface area contributed by atoms with Gasteiger partial charge in [-0.25, -0.2) is 4.98 Å². The van der Waals surface area contributed by atoms with Gasteiger partial charge in [0.1, 0.15) is 5.82 Å². The predicted molar refractivity (Wildman–Crippen MR) is 134 cm³/mol. The van der Waals surface area contributed by atoms with Gasteiger partial charge in [0.2, 0.25) is 0 Å². The maximum absolute atomic E-state index is 12.6. The number of imidazole rings is 1. The SMILES string of the molecule is Cc1ccccc1C(=O)Nc1ccc(CCc2nc3ccccc3n2-c2ccccc2)cc1. The molecule has 1 heterocycles. The summed E-state index contributed by atoms with van der Waals surface area (Å²) in [5, 5.41) is 2.99. The number of benzene rings is 4. The van der Waals surface area contributed by atoms with E-state index in [1.807, 2.05) is 55.5 Å². The molecule has 0 aliphatic heterocycles. The van der Waals surface area contributed by atoms with Crippen LogP contribution in [0.2, 0.25) is 0 Å². The van der Waals surface area contributed by atoms with Crippen LogP contribution in [0, 0.1) is 6.92 Å². The van der Waals surface area contributed by atoms with Gasteiger partial charge >= 0.3 is 0 Å². The maximum atomic E-state index is 12.6. The van der Waals surface area contributed by atoms with Gasteiger partial charge in [0.15, 0.2) is 0 Å². The van der Waals surface area contributed by atoms with E-state index in [0.717, 1.165) is 46.6 Å². The van der Waals surface area contributed by atoms with E-state index in [9.17, 15) is 4.79 Å². The zero-order valence-electron chi connectivity index (χ0n) is 18.5. The van der Waals surface area contributed by atoms with E-state index in [0.29, 0.717) is 5.56 Å². The molecule has 33 heavy (non-hydrogen) atoms. The molecule has 0 aliphatic carbocycles. The van der Waals surface area contributed by atoms with Crippen molar-refractivity contribution >= 4 is 22.6 Å². The second-order valence-electron chi connectivity index (χ2n) is 8.15. The Morgan fingerprint density at radius 2 is 1.48 bits per heavy atom. The number of hydrogen-bond acceptors (Lipinski definition) is 2. The van der Waals surface area contributed by atoms with Crippen LogP contribution in [0.4, 0.5) is 5.69 Å². The van der Waals surface area contributed by atoms with Crippen molar-refractivity contribution in [3.05, 3.63) is 126 Å². The maximum Gasteiger partial charge on any atom is 0.255 e. The summed E-state index contributed by atoms with van der Waals surface area (Å²) in [6.07, 6.45) is 1.68. The Balaban J connectivity index is 1.32. The highest BCUT2D eigenvalue weighted by Gasteiger charge is 2.12. The van der Waals surface area contributed by atoms with Gasteiger partial charge in [-0.1, -0.05) is 60.7 Å². The van der Waals surface area contributed by atoms with E-state index in [-0.39, 0.29) is 5.91 Å². The molecule has 0 fully saturated rings. The molecule has 0 radical (unpaired) electrons. The largest absolute Gasteiger partial charge is 0.322 e. The number of fused-ring (bicyclic) bond motifs is 1. The van der Waals surface area contributed by atoms with Crippen LogP contribution in [0.5, 0.6) is 0 Å². The van der Waals surface area contributed by atoms with Gasteiger partial charge in [0.25, 0.3) is 5.91 Å². The Bertz CT molecular complexity index is 1400. The van der Waals surface area contributed by atoms with E-state index >= 15 is 0 Å². The van der Waals surface area contributed by atoms with Crippen LogP contribution in [-0.4, -0.2) is 15.5 Å². The zero-order chi connectivity index (χ0) is 22.6. The highest BCUT2D eigenvalue weighted by molar-refractivity contribution is 6.05. The molecule has 4 heteroatoms. The van der Waals surface area contributed by atoms with E-state index < -0.39 is 0 Å². The van der Waals surface area contributed by atoms with Crippen LogP contribution in [-0.2, 0) is 12.8 Å². The van der Waals surface area contributed by atoms with Crippen molar-refractivity contribution in [3.8, 4) is 5.69 Å². The fourth-order valence-electron chi connectivity index (χ4n) is 4.15. The summed E-state index contributed by atoms with van der Waals surface area (Å²) in [4.78, 5) is 17.5. The first-order chi connectivity index (χ1) is 16.2. The lowest BCUT2D eigenvalue weighted by molar-refractivity contribution is 0.102. The van der Waals surface area contributed by atoms with Crippen LogP contribution in [0.15, 0.2) is 103 Å². The zero-order valence-corrected chi connectivity index (χ0v) is 18.5. The Morgan fingerprint density at radius 1 is 0.788 bits per heavy atom. The molecule has 4 aromatic carbocycles. The average Bonchev–Trinajstić information content (AvgIpc) is 3.23.